The molecule has 0 aliphatic carbocycles. The van der Waals surface area contributed by atoms with Crippen molar-refractivity contribution in [2.75, 3.05) is 18.0 Å². The highest BCUT2D eigenvalue weighted by Gasteiger charge is 2.36. The smallest absolute Gasteiger partial charge is 0.361 e. The van der Waals surface area contributed by atoms with Crippen molar-refractivity contribution in [3.05, 3.63) is 192 Å². The minimum atomic E-state index is -4.69. The molecule has 87 heavy (non-hydrogen) atoms. The van der Waals surface area contributed by atoms with Crippen LogP contribution in [-0.2, 0) is 64.0 Å². The van der Waals surface area contributed by atoms with Crippen LogP contribution in [0.5, 0.6) is 0 Å². The van der Waals surface area contributed by atoms with Crippen molar-refractivity contribution in [2.45, 2.75) is 112 Å². The Bertz CT molecular complexity index is 4130. The largest absolute Gasteiger partial charge is 0.417 e. The first-order valence-electron chi connectivity index (χ1n) is 27.9. The van der Waals surface area contributed by atoms with Crippen LogP contribution in [0.25, 0.3) is 55.7 Å². The normalized spacial score (nSPS) is 12.9. The standard InChI is InChI=1S/C31H28ClF4N5.C25H27ClN4.C6H2F5N.C2H3N.ClH/c1-4-18-7-6-8-19(5-2)28(18)41-29(22-14-24(32)17(3)27-21(22)9-11-37-27)23-16-40(12-10-26(23)39-41)30-25(33)13-20(15-38-30)31(34,35)36;1-4-16-7-6-8-17(5-2)24(16)30-25(20-14-27-11-10-22(20)29-30)19-13-21(26)15(3)23-18(19)9-12-28-23;7-4-1-3(6(9,10)11)2-12-5(4)8;1-2-3;/h6-9,11,13-15,37H,4-5,10,12,16H2,1-3H3;6-9,12-13,27-28H,4-5,10-11,14H2,1-3H3;1-2H;1H3;1H. The number of fused-ring (bicyclic) bond motifs is 4. The molecule has 12 rings (SSSR count). The Morgan fingerprint density at radius 1 is 0.621 bits per heavy atom. The van der Waals surface area contributed by atoms with E-state index in [1.165, 1.54) is 46.1 Å². The zero-order chi connectivity index (χ0) is 61.9. The minimum Gasteiger partial charge on any atom is -0.361 e. The molecule has 0 unspecified atom stereocenters. The topological polar surface area (TPSA) is 132 Å². The molecule has 0 saturated carbocycles. The van der Waals surface area contributed by atoms with E-state index in [9.17, 15) is 35.1 Å². The number of pyridine rings is 2. The number of hydrogen-bond donors (Lipinski definition) is 3. The number of rotatable bonds is 9. The summed E-state index contributed by atoms with van der Waals surface area (Å²) in [6.07, 6.45) is 0.389. The van der Waals surface area contributed by atoms with Crippen LogP contribution in [-0.4, -0.2) is 52.6 Å². The van der Waals surface area contributed by atoms with Crippen molar-refractivity contribution in [1.82, 2.24) is 44.8 Å². The highest BCUT2D eigenvalue weighted by Crippen LogP contribution is 2.44. The van der Waals surface area contributed by atoms with Gasteiger partial charge in [-0.1, -0.05) is 87.3 Å². The van der Waals surface area contributed by atoms with Crippen molar-refractivity contribution in [3.8, 4) is 40.0 Å². The Morgan fingerprint density at radius 2 is 1.06 bits per heavy atom. The van der Waals surface area contributed by atoms with Crippen molar-refractivity contribution in [1.29, 1.82) is 5.26 Å². The first-order valence-corrected chi connectivity index (χ1v) is 28.7. The summed E-state index contributed by atoms with van der Waals surface area (Å²) in [7, 11) is 0. The molecular formula is C64H61Cl3F9N11. The summed E-state index contributed by atoms with van der Waals surface area (Å²) in [5.74, 6) is -4.26. The number of benzene rings is 4. The quantitative estimate of drug-likeness (QED) is 0.0968. The molecule has 6 aromatic heterocycles. The van der Waals surface area contributed by atoms with E-state index in [-0.39, 0.29) is 37.0 Å². The molecule has 0 atom stereocenters. The summed E-state index contributed by atoms with van der Waals surface area (Å²) in [4.78, 5) is 14.9. The number of nitriles is 1. The van der Waals surface area contributed by atoms with Crippen LogP contribution in [0.4, 0.5) is 45.3 Å². The van der Waals surface area contributed by atoms with Gasteiger partial charge in [-0.05, 0) is 109 Å². The van der Waals surface area contributed by atoms with E-state index in [4.69, 9.17) is 38.7 Å². The van der Waals surface area contributed by atoms with Gasteiger partial charge in [-0.2, -0.15) is 46.2 Å². The van der Waals surface area contributed by atoms with Crippen LogP contribution in [0, 0.1) is 42.8 Å². The van der Waals surface area contributed by atoms with Gasteiger partial charge in [-0.25, -0.2) is 28.1 Å². The fraction of sp³-hybridized carbons (Fsp3) is 0.297. The SMILES string of the molecule is CC#N.CCc1cccc(CC)c1-n1nc2c(c1-c1cc(Cl)c(C)c3[nH]ccc13)CN(c1ncc(C(F)(F)F)cc1F)CC2.CCc1cccc(CC)c1-n1nc2c(c1-c1cc(Cl)c(C)c3[nH]ccc13)CNCC2.Cl.Fc1cc(C(F)(F)F)cnc1F. The summed E-state index contributed by atoms with van der Waals surface area (Å²) in [6.45, 7) is 16.5. The number of aryl methyl sites for hydroxylation is 6. The van der Waals surface area contributed by atoms with Crippen molar-refractivity contribution in [2.24, 2.45) is 0 Å². The van der Waals surface area contributed by atoms with Crippen LogP contribution < -0.4 is 10.2 Å². The molecule has 4 aromatic carbocycles. The molecule has 3 N–H and O–H groups in total. The highest BCUT2D eigenvalue weighted by atomic mass is 35.5. The Labute approximate surface area is 513 Å². The van der Waals surface area contributed by atoms with Gasteiger partial charge < -0.3 is 20.2 Å². The van der Waals surface area contributed by atoms with Gasteiger partial charge >= 0.3 is 12.4 Å². The molecule has 23 heteroatoms. The van der Waals surface area contributed by atoms with Crippen molar-refractivity contribution >= 4 is 63.2 Å². The lowest BCUT2D eigenvalue weighted by Crippen LogP contribution is -2.32. The molecule has 11 nitrogen and oxygen atoms in total. The maximum atomic E-state index is 15.0. The molecule has 10 aromatic rings. The number of aromatic nitrogens is 8. The van der Waals surface area contributed by atoms with Crippen LogP contribution in [0.2, 0.25) is 10.0 Å². The number of hydrogen-bond acceptors (Lipinski definition) is 7. The van der Waals surface area contributed by atoms with Gasteiger partial charge in [0.2, 0.25) is 5.95 Å². The van der Waals surface area contributed by atoms with Gasteiger partial charge in [0.25, 0.3) is 0 Å². The minimum absolute atomic E-state index is 0. The number of alkyl halides is 6. The van der Waals surface area contributed by atoms with E-state index in [0.29, 0.717) is 30.3 Å². The third-order valence-corrected chi connectivity index (χ3v) is 16.2. The molecule has 2 aliphatic rings. The molecule has 0 amide bonds. The van der Waals surface area contributed by atoms with E-state index in [1.807, 2.05) is 36.1 Å². The molecule has 0 bridgehead atoms. The molecule has 2 aliphatic heterocycles. The van der Waals surface area contributed by atoms with Gasteiger partial charge in [0.1, 0.15) is 0 Å². The lowest BCUT2D eigenvalue weighted by molar-refractivity contribution is -0.138. The summed E-state index contributed by atoms with van der Waals surface area (Å²) < 4.78 is 118. The summed E-state index contributed by atoms with van der Waals surface area (Å²) >= 11 is 13.5. The zero-order valence-corrected chi connectivity index (χ0v) is 50.8. The van der Waals surface area contributed by atoms with E-state index < -0.39 is 41.1 Å². The predicted octanol–water partition coefficient (Wildman–Crippen LogP) is 17.3. The molecule has 0 fully saturated rings. The number of halogens is 12. The monoisotopic (exact) mass is 1260 g/mol. The van der Waals surface area contributed by atoms with Crippen molar-refractivity contribution < 1.29 is 39.5 Å². The fourth-order valence-electron chi connectivity index (χ4n) is 11.2. The summed E-state index contributed by atoms with van der Waals surface area (Å²) in [5.41, 5.74) is 17.0. The van der Waals surface area contributed by atoms with Gasteiger partial charge in [0.15, 0.2) is 17.5 Å². The zero-order valence-electron chi connectivity index (χ0n) is 48.5. The summed E-state index contributed by atoms with van der Waals surface area (Å²) in [6, 6.07) is 23.4. The second-order valence-corrected chi connectivity index (χ2v) is 21.4. The molecule has 456 valence electrons. The Hall–Kier alpha value is -7.83. The average molecular weight is 1260 g/mol. The van der Waals surface area contributed by atoms with Gasteiger partial charge in [-0.15, -0.1) is 12.4 Å². The number of anilines is 1. The predicted molar refractivity (Wildman–Crippen MR) is 326 cm³/mol. The number of nitrogens with zero attached hydrogens (tertiary/aromatic N) is 8. The molecule has 8 heterocycles. The third-order valence-electron chi connectivity index (χ3n) is 15.5. The second-order valence-electron chi connectivity index (χ2n) is 20.6. The number of H-pyrrole nitrogens is 2. The van der Waals surface area contributed by atoms with E-state index in [0.717, 1.165) is 123 Å². The Balaban J connectivity index is 0.000000186. The van der Waals surface area contributed by atoms with Gasteiger partial charge in [0, 0.05) is 114 Å². The summed E-state index contributed by atoms with van der Waals surface area (Å²) in [5, 5.41) is 24.7. The van der Waals surface area contributed by atoms with E-state index >= 15 is 4.39 Å². The van der Waals surface area contributed by atoms with E-state index in [2.05, 4.69) is 113 Å². The van der Waals surface area contributed by atoms with Gasteiger partial charge in [-0.3, -0.25) is 0 Å². The van der Waals surface area contributed by atoms with Crippen molar-refractivity contribution in [3.63, 3.8) is 0 Å². The number of aromatic amines is 2. The fourth-order valence-corrected chi connectivity index (χ4v) is 11.6. The molecule has 0 saturated heterocycles. The Morgan fingerprint density at radius 3 is 1.49 bits per heavy atom. The number of nitrogens with one attached hydrogen (secondary N) is 3. The maximum Gasteiger partial charge on any atom is 0.417 e. The molecule has 0 spiro atoms. The maximum absolute atomic E-state index is 15.0. The average Bonchev–Trinajstić information content (AvgIpc) is 2.05. The molecule has 0 radical (unpaired) electrons. The lowest BCUT2D eigenvalue weighted by atomic mass is 9.96. The van der Waals surface area contributed by atoms with Crippen LogP contribution >= 0.6 is 35.6 Å². The van der Waals surface area contributed by atoms with E-state index in [1.54, 1.807) is 11.0 Å². The van der Waals surface area contributed by atoms with Crippen LogP contribution in [0.3, 0.4) is 0 Å². The number of para-hydroxylation sites is 2. The first kappa shape index (κ1) is 65.2. The van der Waals surface area contributed by atoms with Crippen LogP contribution in [0.1, 0.15) is 102 Å². The lowest BCUT2D eigenvalue weighted by Gasteiger charge is -2.28. The third kappa shape index (κ3) is 13.1. The van der Waals surface area contributed by atoms with Gasteiger partial charge in [0.05, 0.1) is 62.4 Å². The first-order chi connectivity index (χ1) is 41.1. The molecular weight excluding hydrogens is 1200 g/mol. The highest BCUT2D eigenvalue weighted by molar-refractivity contribution is 6.33. The van der Waals surface area contributed by atoms with Crippen LogP contribution in [0.15, 0.2) is 97.6 Å². The second kappa shape index (κ2) is 27.1. The Kier molecular flexibility index (Phi) is 20.3.